The van der Waals surface area contributed by atoms with Crippen LogP contribution >= 0.6 is 11.6 Å². The van der Waals surface area contributed by atoms with E-state index in [0.29, 0.717) is 0 Å². The van der Waals surface area contributed by atoms with E-state index in [2.05, 4.69) is 11.6 Å². The van der Waals surface area contributed by atoms with E-state index >= 15 is 0 Å². The first-order valence-corrected chi connectivity index (χ1v) is 2.71. The van der Waals surface area contributed by atoms with E-state index in [0.717, 1.165) is 6.92 Å². The molecule has 0 fully saturated rings. The Hall–Kier alpha value is 0.232. The summed E-state index contributed by atoms with van der Waals surface area (Å²) in [6.45, 7) is 0.761. The Kier molecular flexibility index (Phi) is 11.9. The van der Waals surface area contributed by atoms with Crippen molar-refractivity contribution in [3.63, 3.8) is 0 Å². The molecule has 0 aliphatic heterocycles. The Bertz CT molecular complexity index is 131. The van der Waals surface area contributed by atoms with Crippen LogP contribution in [0.4, 0.5) is 4.39 Å². The van der Waals surface area contributed by atoms with Gasteiger partial charge in [0.2, 0.25) is 0 Å². The molecule has 0 saturated carbocycles. The predicted molar refractivity (Wildman–Crippen MR) is 36.5 cm³/mol. The molecule has 0 aromatic rings. The summed E-state index contributed by atoms with van der Waals surface area (Å²) in [4.78, 5) is 9.51. The van der Waals surface area contributed by atoms with E-state index in [1.54, 1.807) is 0 Å². The zero-order valence-corrected chi connectivity index (χ0v) is 7.29. The van der Waals surface area contributed by atoms with Gasteiger partial charge < -0.3 is 21.6 Å². The molecule has 4 N–H and O–H groups in total. The second kappa shape index (κ2) is 7.86. The van der Waals surface area contributed by atoms with Crippen LogP contribution in [-0.2, 0) is 4.79 Å². The molecule has 0 bridgehead atoms. The molecule has 0 aromatic carbocycles. The van der Waals surface area contributed by atoms with E-state index in [1.807, 2.05) is 0 Å². The summed E-state index contributed by atoms with van der Waals surface area (Å²) in [7, 11) is -2.17. The molecule has 0 aromatic heterocycles. The molecule has 0 aliphatic rings. The molecule has 5 nitrogen and oxygen atoms in total. The topological polar surface area (TPSA) is 98.0 Å². The fourth-order valence-electron chi connectivity index (χ4n) is 0. The third kappa shape index (κ3) is 22.5. The predicted octanol–water partition coefficient (Wildman–Crippen LogP) is -3.94. The van der Waals surface area contributed by atoms with Gasteiger partial charge in [-0.25, -0.2) is 9.18 Å². The SMILES string of the molecule is CC(F)(Cl)C(=O)O.OB(O)O.[H-].[Li+]. The normalized spacial score (nSPS) is 12.8. The van der Waals surface area contributed by atoms with Crippen molar-refractivity contribution in [2.45, 2.75) is 12.1 Å². The van der Waals surface area contributed by atoms with Crippen molar-refractivity contribution in [3.05, 3.63) is 0 Å². The maximum Gasteiger partial charge on any atom is 1.00 e. The molecule has 0 heterocycles. The maximum absolute atomic E-state index is 11.7. The van der Waals surface area contributed by atoms with Gasteiger partial charge in [0, 0.05) is 0 Å². The number of carboxylic acids is 1. The van der Waals surface area contributed by atoms with Gasteiger partial charge in [-0.1, -0.05) is 11.6 Å². The number of carbonyl (C=O) groups is 1. The quantitative estimate of drug-likeness (QED) is 0.253. The molecule has 1 atom stereocenters. The minimum Gasteiger partial charge on any atom is -1.00 e. The fraction of sp³-hybridized carbons (Fsp3) is 0.667. The van der Waals surface area contributed by atoms with Crippen LogP contribution in [0.25, 0.3) is 0 Å². The van der Waals surface area contributed by atoms with Crippen molar-refractivity contribution in [2.24, 2.45) is 0 Å². The number of alkyl halides is 2. The monoisotopic (exact) mass is 196 g/mol. The summed E-state index contributed by atoms with van der Waals surface area (Å²) in [5.74, 6) is -1.66. The average molecular weight is 196 g/mol. The third-order valence-electron chi connectivity index (χ3n) is 0.376. The van der Waals surface area contributed by atoms with Gasteiger partial charge in [-0.05, 0) is 6.92 Å². The van der Waals surface area contributed by atoms with E-state index in [-0.39, 0.29) is 20.3 Å². The van der Waals surface area contributed by atoms with Crippen molar-refractivity contribution in [1.82, 2.24) is 0 Å². The van der Waals surface area contributed by atoms with Gasteiger partial charge in [-0.3, -0.25) is 0 Å². The number of rotatable bonds is 1. The summed E-state index contributed by atoms with van der Waals surface area (Å²) in [5.41, 5.74) is 0. The Labute approximate surface area is 87.0 Å². The number of carboxylic acid groups (broad SMARTS) is 1. The Morgan fingerprint density at radius 1 is 1.58 bits per heavy atom. The average Bonchev–Trinajstić information content (AvgIpc) is 1.59. The van der Waals surface area contributed by atoms with E-state index in [4.69, 9.17) is 20.2 Å². The van der Waals surface area contributed by atoms with Crippen molar-refractivity contribution in [1.29, 1.82) is 0 Å². The molecule has 0 spiro atoms. The van der Waals surface area contributed by atoms with Gasteiger partial charge in [-0.2, -0.15) is 0 Å². The minimum atomic E-state index is -2.61. The van der Waals surface area contributed by atoms with Crippen LogP contribution in [0.1, 0.15) is 8.35 Å². The molecule has 0 aliphatic carbocycles. The van der Waals surface area contributed by atoms with Gasteiger partial charge in [0.25, 0.3) is 5.13 Å². The maximum atomic E-state index is 11.7. The second-order valence-electron chi connectivity index (χ2n) is 1.54. The molecule has 1 unspecified atom stereocenters. The number of hydrogen-bond acceptors (Lipinski definition) is 4. The molecule has 0 saturated heterocycles. The first-order valence-electron chi connectivity index (χ1n) is 2.33. The van der Waals surface area contributed by atoms with Crippen molar-refractivity contribution in [3.8, 4) is 0 Å². The largest absolute Gasteiger partial charge is 1.00 e. The molecule has 0 amide bonds. The summed E-state index contributed by atoms with van der Waals surface area (Å²) in [6, 6.07) is 0. The van der Waals surface area contributed by atoms with Gasteiger partial charge >= 0.3 is 32.2 Å². The molecule has 68 valence electrons. The number of halogens is 2. The van der Waals surface area contributed by atoms with Crippen LogP contribution in [0.5, 0.6) is 0 Å². The van der Waals surface area contributed by atoms with Crippen LogP contribution in [-0.4, -0.2) is 38.6 Å². The van der Waals surface area contributed by atoms with Crippen LogP contribution in [0, 0.1) is 0 Å². The summed E-state index contributed by atoms with van der Waals surface area (Å²) in [5, 5.41) is 26.6. The molecule has 9 heteroatoms. The number of aliphatic carboxylic acids is 1. The van der Waals surface area contributed by atoms with Crippen molar-refractivity contribution < 1.29 is 49.7 Å². The van der Waals surface area contributed by atoms with Crippen molar-refractivity contribution in [2.75, 3.05) is 0 Å². The molecule has 0 rings (SSSR count). The standard InChI is InChI=1S/C3H4ClFO2.BH3O3.Li.H/c1-3(4,5)2(6)7;2-1(3)4;;/h1H3,(H,6,7);2-4H;;/q;;+1;-1. The molecular formula is C3H8BClFLiO5. The fourth-order valence-corrected chi connectivity index (χ4v) is 0. The molecule has 12 heavy (non-hydrogen) atoms. The summed E-state index contributed by atoms with van der Waals surface area (Å²) >= 11 is 4.60. The Balaban J connectivity index is -0.0000000600. The van der Waals surface area contributed by atoms with Gasteiger partial charge in [0.15, 0.2) is 0 Å². The van der Waals surface area contributed by atoms with Gasteiger partial charge in [0.05, 0.1) is 0 Å². The van der Waals surface area contributed by atoms with Gasteiger partial charge in [0.1, 0.15) is 0 Å². The van der Waals surface area contributed by atoms with Crippen LogP contribution in [0.2, 0.25) is 0 Å². The van der Waals surface area contributed by atoms with E-state index < -0.39 is 18.4 Å². The van der Waals surface area contributed by atoms with Gasteiger partial charge in [-0.15, -0.1) is 0 Å². The zero-order valence-electron chi connectivity index (χ0n) is 7.53. The minimum absolute atomic E-state index is 0. The van der Waals surface area contributed by atoms with E-state index in [9.17, 15) is 9.18 Å². The molecule has 0 radical (unpaired) electrons. The smallest absolute Gasteiger partial charge is 1.00 e. The first-order chi connectivity index (χ1) is 4.68. The van der Waals surface area contributed by atoms with Crippen LogP contribution in [0.15, 0.2) is 0 Å². The Morgan fingerprint density at radius 2 is 1.67 bits per heavy atom. The summed E-state index contributed by atoms with van der Waals surface area (Å²) in [6.07, 6.45) is 0. The van der Waals surface area contributed by atoms with Crippen molar-refractivity contribution >= 4 is 24.9 Å². The number of hydrogen-bond donors (Lipinski definition) is 4. The Morgan fingerprint density at radius 3 is 1.67 bits per heavy atom. The summed E-state index contributed by atoms with van der Waals surface area (Å²) < 4.78 is 11.7. The van der Waals surface area contributed by atoms with E-state index in [1.165, 1.54) is 0 Å². The zero-order chi connectivity index (χ0) is 9.65. The van der Waals surface area contributed by atoms with Crippen LogP contribution in [0.3, 0.4) is 0 Å². The molecular weight excluding hydrogens is 188 g/mol. The van der Waals surface area contributed by atoms with Crippen LogP contribution < -0.4 is 18.9 Å². The first kappa shape index (κ1) is 18.1. The third-order valence-corrected chi connectivity index (χ3v) is 0.537. The second-order valence-corrected chi connectivity index (χ2v) is 2.25.